The molecule has 0 unspecified atom stereocenters. The third kappa shape index (κ3) is 4.35. The Morgan fingerprint density at radius 2 is 2.27 bits per heavy atom. The highest BCUT2D eigenvalue weighted by Crippen LogP contribution is 1.96. The Morgan fingerprint density at radius 1 is 1.53 bits per heavy atom. The summed E-state index contributed by atoms with van der Waals surface area (Å²) in [6.07, 6.45) is 4.24. The van der Waals surface area contributed by atoms with Crippen molar-refractivity contribution in [3.05, 3.63) is 12.4 Å². The molecule has 0 bridgehead atoms. The SMILES string of the molecule is CCCNC(=O)NCCn1cc(N)cn1. The van der Waals surface area contributed by atoms with E-state index in [4.69, 9.17) is 5.73 Å². The fourth-order valence-electron chi connectivity index (χ4n) is 1.09. The van der Waals surface area contributed by atoms with Crippen LogP contribution in [0.4, 0.5) is 10.5 Å². The molecule has 0 radical (unpaired) electrons. The van der Waals surface area contributed by atoms with E-state index in [0.29, 0.717) is 25.3 Å². The van der Waals surface area contributed by atoms with Gasteiger partial charge in [-0.2, -0.15) is 5.10 Å². The Hall–Kier alpha value is -1.72. The number of amides is 2. The van der Waals surface area contributed by atoms with E-state index in [1.54, 1.807) is 17.1 Å². The molecule has 6 nitrogen and oxygen atoms in total. The Morgan fingerprint density at radius 3 is 2.87 bits per heavy atom. The maximum Gasteiger partial charge on any atom is 0.314 e. The average Bonchev–Trinajstić information content (AvgIpc) is 2.61. The number of nitrogens with one attached hydrogen (secondary N) is 2. The molecule has 4 N–H and O–H groups in total. The van der Waals surface area contributed by atoms with E-state index in [9.17, 15) is 4.79 Å². The highest BCUT2D eigenvalue weighted by atomic mass is 16.2. The predicted molar refractivity (Wildman–Crippen MR) is 58.3 cm³/mol. The number of carbonyl (C=O) groups is 1. The summed E-state index contributed by atoms with van der Waals surface area (Å²) >= 11 is 0. The van der Waals surface area contributed by atoms with Crippen LogP contribution in [0.1, 0.15) is 13.3 Å². The van der Waals surface area contributed by atoms with Gasteiger partial charge in [-0.1, -0.05) is 6.92 Å². The lowest BCUT2D eigenvalue weighted by Crippen LogP contribution is -2.37. The lowest BCUT2D eigenvalue weighted by atomic mass is 10.5. The first-order valence-electron chi connectivity index (χ1n) is 5.02. The van der Waals surface area contributed by atoms with Crippen LogP contribution in [0.5, 0.6) is 0 Å². The summed E-state index contributed by atoms with van der Waals surface area (Å²) in [5.74, 6) is 0. The van der Waals surface area contributed by atoms with Gasteiger partial charge in [-0.25, -0.2) is 4.79 Å². The Kier molecular flexibility index (Phi) is 4.46. The molecule has 2 amide bonds. The van der Waals surface area contributed by atoms with Gasteiger partial charge in [-0.15, -0.1) is 0 Å². The van der Waals surface area contributed by atoms with Gasteiger partial charge in [0.1, 0.15) is 0 Å². The van der Waals surface area contributed by atoms with Crippen molar-refractivity contribution in [2.45, 2.75) is 19.9 Å². The van der Waals surface area contributed by atoms with E-state index in [1.165, 1.54) is 0 Å². The van der Waals surface area contributed by atoms with Crippen molar-refractivity contribution in [1.29, 1.82) is 0 Å². The quantitative estimate of drug-likeness (QED) is 0.649. The summed E-state index contributed by atoms with van der Waals surface area (Å²) < 4.78 is 1.69. The molecule has 0 fully saturated rings. The Bertz CT molecular complexity index is 309. The number of hydrogen-bond donors (Lipinski definition) is 3. The van der Waals surface area contributed by atoms with Crippen LogP contribution in [-0.4, -0.2) is 28.9 Å². The third-order valence-electron chi connectivity index (χ3n) is 1.82. The van der Waals surface area contributed by atoms with Crippen LogP contribution in [0.25, 0.3) is 0 Å². The van der Waals surface area contributed by atoms with E-state index < -0.39 is 0 Å². The molecule has 0 spiro atoms. The van der Waals surface area contributed by atoms with Gasteiger partial charge in [0.05, 0.1) is 18.4 Å². The van der Waals surface area contributed by atoms with E-state index in [2.05, 4.69) is 15.7 Å². The molecule has 0 saturated carbocycles. The number of nitrogen functional groups attached to an aromatic ring is 1. The molecule has 6 heteroatoms. The molecule has 0 aliphatic carbocycles. The summed E-state index contributed by atoms with van der Waals surface area (Å²) in [6.45, 7) is 3.86. The van der Waals surface area contributed by atoms with Gasteiger partial charge in [0.2, 0.25) is 0 Å². The molecular formula is C9H17N5O. The summed E-state index contributed by atoms with van der Waals surface area (Å²) in [5, 5.41) is 9.44. The highest BCUT2D eigenvalue weighted by molar-refractivity contribution is 5.73. The number of aromatic nitrogens is 2. The zero-order chi connectivity index (χ0) is 11.1. The molecular weight excluding hydrogens is 194 g/mol. The third-order valence-corrected chi connectivity index (χ3v) is 1.82. The van der Waals surface area contributed by atoms with E-state index in [1.807, 2.05) is 6.92 Å². The predicted octanol–water partition coefficient (Wildman–Crippen LogP) is 0.175. The number of urea groups is 1. The molecule has 1 heterocycles. The zero-order valence-electron chi connectivity index (χ0n) is 8.86. The van der Waals surface area contributed by atoms with Crippen LogP contribution < -0.4 is 16.4 Å². The molecule has 0 aromatic carbocycles. The maximum atomic E-state index is 11.1. The second-order valence-electron chi connectivity index (χ2n) is 3.22. The van der Waals surface area contributed by atoms with Gasteiger partial charge in [-0.3, -0.25) is 4.68 Å². The molecule has 1 aromatic heterocycles. The topological polar surface area (TPSA) is 85.0 Å². The van der Waals surface area contributed by atoms with Crippen molar-refractivity contribution < 1.29 is 4.79 Å². The summed E-state index contributed by atoms with van der Waals surface area (Å²) in [7, 11) is 0. The molecule has 84 valence electrons. The molecule has 1 aromatic rings. The van der Waals surface area contributed by atoms with Gasteiger partial charge in [-0.05, 0) is 6.42 Å². The second kappa shape index (κ2) is 5.90. The summed E-state index contributed by atoms with van der Waals surface area (Å²) in [5.41, 5.74) is 6.12. The lowest BCUT2D eigenvalue weighted by Gasteiger charge is -2.06. The van der Waals surface area contributed by atoms with Crippen LogP contribution in [0, 0.1) is 0 Å². The van der Waals surface area contributed by atoms with Crippen molar-refractivity contribution in [3.63, 3.8) is 0 Å². The van der Waals surface area contributed by atoms with Crippen LogP contribution in [-0.2, 0) is 6.54 Å². The second-order valence-corrected chi connectivity index (χ2v) is 3.22. The standard InChI is InChI=1S/C9H17N5O/c1-2-3-11-9(15)12-4-5-14-7-8(10)6-13-14/h6-7H,2-5,10H2,1H3,(H2,11,12,15). The first kappa shape index (κ1) is 11.4. The van der Waals surface area contributed by atoms with Crippen molar-refractivity contribution in [2.24, 2.45) is 0 Å². The molecule has 0 atom stereocenters. The van der Waals surface area contributed by atoms with E-state index in [0.717, 1.165) is 6.42 Å². The van der Waals surface area contributed by atoms with Crippen LogP contribution >= 0.6 is 0 Å². The van der Waals surface area contributed by atoms with Crippen molar-refractivity contribution in [3.8, 4) is 0 Å². The molecule has 1 rings (SSSR count). The van der Waals surface area contributed by atoms with E-state index >= 15 is 0 Å². The van der Waals surface area contributed by atoms with Crippen molar-refractivity contribution >= 4 is 11.7 Å². The Balaban J connectivity index is 2.13. The minimum atomic E-state index is -0.142. The molecule has 15 heavy (non-hydrogen) atoms. The molecule has 0 aliphatic rings. The normalized spacial score (nSPS) is 9.93. The Labute approximate surface area is 88.8 Å². The van der Waals surface area contributed by atoms with Crippen LogP contribution in [0.3, 0.4) is 0 Å². The highest BCUT2D eigenvalue weighted by Gasteiger charge is 1.98. The molecule has 0 saturated heterocycles. The summed E-state index contributed by atoms with van der Waals surface area (Å²) in [4.78, 5) is 11.1. The number of anilines is 1. The van der Waals surface area contributed by atoms with E-state index in [-0.39, 0.29) is 6.03 Å². The van der Waals surface area contributed by atoms with Gasteiger partial charge in [0.25, 0.3) is 0 Å². The number of nitrogens with two attached hydrogens (primary N) is 1. The van der Waals surface area contributed by atoms with Crippen molar-refractivity contribution in [2.75, 3.05) is 18.8 Å². The fraction of sp³-hybridized carbons (Fsp3) is 0.556. The largest absolute Gasteiger partial charge is 0.396 e. The first-order chi connectivity index (χ1) is 7.22. The number of nitrogens with zero attached hydrogens (tertiary/aromatic N) is 2. The number of hydrogen-bond acceptors (Lipinski definition) is 3. The summed E-state index contributed by atoms with van der Waals surface area (Å²) in [6, 6.07) is -0.142. The monoisotopic (exact) mass is 211 g/mol. The van der Waals surface area contributed by atoms with Gasteiger partial charge >= 0.3 is 6.03 Å². The number of rotatable bonds is 5. The van der Waals surface area contributed by atoms with Gasteiger partial charge in [0, 0.05) is 19.3 Å². The average molecular weight is 211 g/mol. The lowest BCUT2D eigenvalue weighted by molar-refractivity contribution is 0.240. The van der Waals surface area contributed by atoms with Gasteiger partial charge < -0.3 is 16.4 Å². The zero-order valence-corrected chi connectivity index (χ0v) is 8.86. The van der Waals surface area contributed by atoms with Crippen LogP contribution in [0.2, 0.25) is 0 Å². The minimum Gasteiger partial charge on any atom is -0.396 e. The van der Waals surface area contributed by atoms with Crippen LogP contribution in [0.15, 0.2) is 12.4 Å². The molecule has 0 aliphatic heterocycles. The first-order valence-corrected chi connectivity index (χ1v) is 5.02. The fourth-order valence-corrected chi connectivity index (χ4v) is 1.09. The van der Waals surface area contributed by atoms with Gasteiger partial charge in [0.15, 0.2) is 0 Å². The van der Waals surface area contributed by atoms with Crippen molar-refractivity contribution in [1.82, 2.24) is 20.4 Å². The minimum absolute atomic E-state index is 0.142. The number of carbonyl (C=O) groups excluding carboxylic acids is 1. The smallest absolute Gasteiger partial charge is 0.314 e. The maximum absolute atomic E-state index is 11.1.